The summed E-state index contributed by atoms with van der Waals surface area (Å²) in [5.41, 5.74) is 10.3. The van der Waals surface area contributed by atoms with Crippen LogP contribution in [0.4, 0.5) is 0 Å². The molecule has 2 unspecified atom stereocenters. The van der Waals surface area contributed by atoms with Crippen molar-refractivity contribution in [3.8, 4) is 45.0 Å². The molecule has 0 radical (unpaired) electrons. The molecule has 0 amide bonds. The molecule has 57 heavy (non-hydrogen) atoms. The molecule has 10 aromatic rings. The van der Waals surface area contributed by atoms with Crippen LogP contribution in [-0.2, 0) is 0 Å². The van der Waals surface area contributed by atoms with Crippen LogP contribution >= 0.6 is 23.1 Å². The molecule has 1 aliphatic carbocycles. The second-order valence-electron chi connectivity index (χ2n) is 14.6. The van der Waals surface area contributed by atoms with Gasteiger partial charge in [-0.1, -0.05) is 133 Å². The van der Waals surface area contributed by atoms with E-state index in [-0.39, 0.29) is 5.92 Å². The van der Waals surface area contributed by atoms with Gasteiger partial charge in [0.2, 0.25) is 0 Å². The lowest BCUT2D eigenvalue weighted by atomic mass is 9.89. The van der Waals surface area contributed by atoms with Crippen LogP contribution in [0.1, 0.15) is 17.3 Å². The van der Waals surface area contributed by atoms with Gasteiger partial charge < -0.3 is 4.42 Å². The average molecular weight is 766 g/mol. The van der Waals surface area contributed by atoms with Crippen LogP contribution in [0.2, 0.25) is 0 Å². The molecule has 0 N–H and O–H groups in total. The SMILES string of the molecule is C1=CC2Sc3ccccc3C2C=C1c1nc(-c2ccc(-c3ccccc3)cc2)nc(-c2c(-c3ccc4sc5ccccc5c4c3)ccc3oc4ccccc4c23)n1. The van der Waals surface area contributed by atoms with Crippen LogP contribution in [0, 0.1) is 0 Å². The molecule has 2 atom stereocenters. The number of hydrogen-bond donors (Lipinski definition) is 0. The molecule has 4 nitrogen and oxygen atoms in total. The van der Waals surface area contributed by atoms with Crippen LogP contribution in [-0.4, -0.2) is 20.2 Å². The summed E-state index contributed by atoms with van der Waals surface area (Å²) in [5.74, 6) is 2.13. The number of aromatic nitrogens is 3. The van der Waals surface area contributed by atoms with Gasteiger partial charge in [0.1, 0.15) is 11.2 Å². The van der Waals surface area contributed by atoms with Crippen molar-refractivity contribution in [2.24, 2.45) is 0 Å². The highest BCUT2D eigenvalue weighted by Gasteiger charge is 2.33. The first-order chi connectivity index (χ1) is 28.2. The Labute approximate surface area is 336 Å². The molecular formula is C51H31N3OS2. The highest BCUT2D eigenvalue weighted by molar-refractivity contribution is 8.00. The number of benzene rings is 7. The zero-order chi connectivity index (χ0) is 37.5. The molecule has 7 aromatic carbocycles. The molecule has 0 bridgehead atoms. The van der Waals surface area contributed by atoms with E-state index >= 15 is 0 Å². The number of thioether (sulfide) groups is 1. The third-order valence-corrected chi connectivity index (χ3v) is 13.8. The lowest BCUT2D eigenvalue weighted by Gasteiger charge is -2.19. The third kappa shape index (κ3) is 5.40. The molecule has 6 heteroatoms. The monoisotopic (exact) mass is 765 g/mol. The van der Waals surface area contributed by atoms with Crippen LogP contribution in [0.5, 0.6) is 0 Å². The second-order valence-corrected chi connectivity index (χ2v) is 16.9. The van der Waals surface area contributed by atoms with E-state index in [9.17, 15) is 0 Å². The highest BCUT2D eigenvalue weighted by atomic mass is 32.2. The van der Waals surface area contributed by atoms with E-state index in [2.05, 4.69) is 158 Å². The topological polar surface area (TPSA) is 51.8 Å². The fraction of sp³-hybridized carbons (Fsp3) is 0.0392. The van der Waals surface area contributed by atoms with E-state index in [1.807, 2.05) is 41.3 Å². The van der Waals surface area contributed by atoms with Crippen molar-refractivity contribution in [1.29, 1.82) is 0 Å². The predicted molar refractivity (Wildman–Crippen MR) is 238 cm³/mol. The van der Waals surface area contributed by atoms with Crippen molar-refractivity contribution in [2.45, 2.75) is 16.1 Å². The van der Waals surface area contributed by atoms with Gasteiger partial charge in [-0.15, -0.1) is 23.1 Å². The van der Waals surface area contributed by atoms with Crippen LogP contribution in [0.3, 0.4) is 0 Å². The summed E-state index contributed by atoms with van der Waals surface area (Å²) in [6.07, 6.45) is 6.87. The minimum Gasteiger partial charge on any atom is -0.456 e. The summed E-state index contributed by atoms with van der Waals surface area (Å²) < 4.78 is 9.07. The van der Waals surface area contributed by atoms with Gasteiger partial charge >= 0.3 is 0 Å². The van der Waals surface area contributed by atoms with Gasteiger partial charge in [0.15, 0.2) is 17.5 Å². The number of rotatable bonds is 5. The molecule has 0 fully saturated rings. The maximum atomic E-state index is 6.52. The smallest absolute Gasteiger partial charge is 0.165 e. The van der Waals surface area contributed by atoms with Crippen molar-refractivity contribution >= 4 is 70.8 Å². The second kappa shape index (κ2) is 13.0. The fourth-order valence-electron chi connectivity index (χ4n) is 8.57. The van der Waals surface area contributed by atoms with E-state index in [1.54, 1.807) is 0 Å². The summed E-state index contributed by atoms with van der Waals surface area (Å²) >= 11 is 3.76. The number of thiophene rings is 1. The normalized spacial score (nSPS) is 16.0. The lowest BCUT2D eigenvalue weighted by Crippen LogP contribution is -2.11. The minimum atomic E-state index is 0.240. The summed E-state index contributed by atoms with van der Waals surface area (Å²) in [6, 6.07) is 55.8. The molecule has 0 saturated heterocycles. The van der Waals surface area contributed by atoms with E-state index in [0.29, 0.717) is 22.7 Å². The Morgan fingerprint density at radius 2 is 1.21 bits per heavy atom. The minimum absolute atomic E-state index is 0.240. The van der Waals surface area contributed by atoms with E-state index in [4.69, 9.17) is 19.4 Å². The molecule has 12 rings (SSSR count). The number of allylic oxidation sites excluding steroid dienone is 3. The number of furan rings is 1. The van der Waals surface area contributed by atoms with Gasteiger partial charge in [0, 0.05) is 63.7 Å². The van der Waals surface area contributed by atoms with Crippen LogP contribution in [0.15, 0.2) is 185 Å². The Hall–Kier alpha value is -6.60. The molecule has 268 valence electrons. The zero-order valence-corrected chi connectivity index (χ0v) is 32.1. The fourth-order valence-corrected chi connectivity index (χ4v) is 11.0. The Morgan fingerprint density at radius 1 is 0.509 bits per heavy atom. The van der Waals surface area contributed by atoms with Gasteiger partial charge in [-0.3, -0.25) is 0 Å². The van der Waals surface area contributed by atoms with Gasteiger partial charge in [0.25, 0.3) is 0 Å². The van der Waals surface area contributed by atoms with Gasteiger partial charge in [-0.05, 0) is 70.3 Å². The first-order valence-electron chi connectivity index (χ1n) is 19.2. The maximum absolute atomic E-state index is 6.52. The highest BCUT2D eigenvalue weighted by Crippen LogP contribution is 2.50. The molecule has 4 heterocycles. The predicted octanol–water partition coefficient (Wildman–Crippen LogP) is 14.0. The number of nitrogens with zero attached hydrogens (tertiary/aromatic N) is 3. The van der Waals surface area contributed by atoms with Crippen molar-refractivity contribution < 1.29 is 4.42 Å². The van der Waals surface area contributed by atoms with E-state index in [1.165, 1.54) is 36.2 Å². The number of fused-ring (bicyclic) bond motifs is 9. The van der Waals surface area contributed by atoms with Gasteiger partial charge in [-0.2, -0.15) is 0 Å². The first-order valence-corrected chi connectivity index (χ1v) is 20.9. The Bertz CT molecular complexity index is 3290. The summed E-state index contributed by atoms with van der Waals surface area (Å²) in [5, 5.41) is 4.88. The molecule has 1 aliphatic heterocycles. The first kappa shape index (κ1) is 32.6. The Balaban J connectivity index is 1.11. The largest absolute Gasteiger partial charge is 0.456 e. The van der Waals surface area contributed by atoms with Gasteiger partial charge in [0.05, 0.1) is 0 Å². The molecular weight excluding hydrogens is 735 g/mol. The summed E-state index contributed by atoms with van der Waals surface area (Å²) in [6.45, 7) is 0. The standard InChI is InChI=1S/C51H31N3OS2/c1-2-10-30(11-3-1)31-18-20-32(21-19-31)49-52-50(34-23-27-46-40(29-34)37-13-6-9-17-44(37)57-46)54-51(53-49)48-35(24-25-42-47(48)38-14-4-7-15-41(38)55-42)33-22-26-45-39(28-33)36-12-5-8-16-43(36)56-45/h1-29,40,46H. The molecule has 0 saturated carbocycles. The van der Waals surface area contributed by atoms with Crippen LogP contribution < -0.4 is 0 Å². The number of para-hydroxylation sites is 1. The lowest BCUT2D eigenvalue weighted by molar-refractivity contribution is 0.669. The third-order valence-electron chi connectivity index (χ3n) is 11.3. The molecule has 0 spiro atoms. The van der Waals surface area contributed by atoms with Crippen molar-refractivity contribution in [3.63, 3.8) is 0 Å². The van der Waals surface area contributed by atoms with Crippen LogP contribution in [0.25, 0.3) is 92.7 Å². The van der Waals surface area contributed by atoms with Crippen molar-refractivity contribution in [1.82, 2.24) is 15.0 Å². The Morgan fingerprint density at radius 3 is 2.12 bits per heavy atom. The molecule has 2 aliphatic rings. The average Bonchev–Trinajstić information content (AvgIpc) is 3.97. The van der Waals surface area contributed by atoms with E-state index < -0.39 is 0 Å². The molecule has 3 aromatic heterocycles. The van der Waals surface area contributed by atoms with Crippen molar-refractivity contribution in [3.05, 3.63) is 187 Å². The maximum Gasteiger partial charge on any atom is 0.165 e. The summed E-state index contributed by atoms with van der Waals surface area (Å²) in [4.78, 5) is 17.4. The van der Waals surface area contributed by atoms with Crippen molar-refractivity contribution in [2.75, 3.05) is 0 Å². The quantitative estimate of drug-likeness (QED) is 0.175. The zero-order valence-electron chi connectivity index (χ0n) is 30.5. The van der Waals surface area contributed by atoms with Gasteiger partial charge in [-0.25, -0.2) is 15.0 Å². The number of hydrogen-bond acceptors (Lipinski definition) is 6. The summed E-state index contributed by atoms with van der Waals surface area (Å²) in [7, 11) is 0. The van der Waals surface area contributed by atoms with E-state index in [0.717, 1.165) is 55.3 Å². The Kier molecular flexibility index (Phi) is 7.43.